The summed E-state index contributed by atoms with van der Waals surface area (Å²) in [6.07, 6.45) is 3.13. The molecular formula is C28H36N6O6. The van der Waals surface area contributed by atoms with Crippen LogP contribution in [0.5, 0.6) is 5.88 Å². The molecule has 1 amide bonds. The highest BCUT2D eigenvalue weighted by Gasteiger charge is 2.29. The van der Waals surface area contributed by atoms with Gasteiger partial charge in [0.15, 0.2) is 0 Å². The average molecular weight is 553 g/mol. The van der Waals surface area contributed by atoms with E-state index in [4.69, 9.17) is 15.2 Å². The molecule has 0 unspecified atom stereocenters. The number of nitrogens with two attached hydrogens (primary N) is 1. The second-order valence-corrected chi connectivity index (χ2v) is 11.2. The topological polar surface area (TPSA) is 164 Å². The summed E-state index contributed by atoms with van der Waals surface area (Å²) < 4.78 is 12.7. The van der Waals surface area contributed by atoms with Gasteiger partial charge in [-0.15, -0.1) is 0 Å². The van der Waals surface area contributed by atoms with Crippen LogP contribution in [0.15, 0.2) is 42.6 Å². The number of benzene rings is 1. The maximum Gasteiger partial charge on any atom is 0.306 e. The molecule has 3 rings (SSSR count). The maximum atomic E-state index is 12.7. The number of nitro benzene ring substituents is 1. The predicted octanol–water partition coefficient (Wildman–Crippen LogP) is 5.34. The normalized spacial score (nSPS) is 11.7. The quantitative estimate of drug-likeness (QED) is 0.138. The van der Waals surface area contributed by atoms with Crippen LogP contribution >= 0.6 is 0 Å². The summed E-state index contributed by atoms with van der Waals surface area (Å²) in [7, 11) is 0. The summed E-state index contributed by atoms with van der Waals surface area (Å²) in [5.74, 6) is -0.226. The lowest BCUT2D eigenvalue weighted by molar-refractivity contribution is -0.384. The molecule has 0 fully saturated rings. The Bertz CT molecular complexity index is 1370. The minimum absolute atomic E-state index is 0.0767. The van der Waals surface area contributed by atoms with E-state index in [1.165, 1.54) is 24.3 Å². The van der Waals surface area contributed by atoms with Crippen molar-refractivity contribution in [3.8, 4) is 17.1 Å². The second kappa shape index (κ2) is 12.1. The van der Waals surface area contributed by atoms with E-state index in [0.717, 1.165) is 0 Å². The zero-order valence-electron chi connectivity index (χ0n) is 23.7. The van der Waals surface area contributed by atoms with Gasteiger partial charge in [0.1, 0.15) is 22.7 Å². The summed E-state index contributed by atoms with van der Waals surface area (Å²) in [6, 6.07) is 9.16. The fourth-order valence-corrected chi connectivity index (χ4v) is 3.84. The number of rotatable bonds is 11. The number of unbranched alkanes of at least 4 members (excludes halogenated alkanes) is 1. The Kier molecular flexibility index (Phi) is 9.13. The number of esters is 1. The Morgan fingerprint density at radius 3 is 2.33 bits per heavy atom. The zero-order valence-corrected chi connectivity index (χ0v) is 23.7. The van der Waals surface area contributed by atoms with E-state index >= 15 is 0 Å². The number of nitrogens with one attached hydrogen (secondary N) is 1. The van der Waals surface area contributed by atoms with Crippen LogP contribution in [0.1, 0.15) is 71.2 Å². The number of nitrogens with zero attached hydrogens (tertiary/aromatic N) is 4. The maximum absolute atomic E-state index is 12.7. The molecule has 0 radical (unpaired) electrons. The van der Waals surface area contributed by atoms with Crippen molar-refractivity contribution in [1.29, 1.82) is 0 Å². The molecule has 1 aromatic carbocycles. The molecule has 0 spiro atoms. The highest BCUT2D eigenvalue weighted by atomic mass is 16.6. The number of anilines is 2. The Hall–Kier alpha value is -4.48. The first kappa shape index (κ1) is 30.1. The van der Waals surface area contributed by atoms with Crippen LogP contribution in [0.4, 0.5) is 17.2 Å². The number of nitro groups is 1. The lowest BCUT2D eigenvalue weighted by Gasteiger charge is -2.23. The molecular weight excluding hydrogens is 516 g/mol. The Morgan fingerprint density at radius 1 is 1.07 bits per heavy atom. The van der Waals surface area contributed by atoms with Crippen molar-refractivity contribution >= 4 is 29.1 Å². The standard InChI is InChI=1S/C28H36N6O6/c1-27(2,3)33-26(23(25(29)36)24(32-33)18-10-12-20(13-11-18)34(37)38)31-19-14-15-30-21(17-19)39-16-8-7-9-22(35)40-28(4,5)6/h10-15,17H,7-9,16H2,1-6H3,(H2,29,36)(H,30,31). The van der Waals surface area contributed by atoms with Gasteiger partial charge < -0.3 is 20.5 Å². The molecule has 0 atom stereocenters. The number of amides is 1. The molecule has 0 saturated heterocycles. The number of ether oxygens (including phenoxy) is 2. The van der Waals surface area contributed by atoms with Crippen LogP contribution < -0.4 is 15.8 Å². The van der Waals surface area contributed by atoms with Crippen LogP contribution in [0.3, 0.4) is 0 Å². The highest BCUT2D eigenvalue weighted by molar-refractivity contribution is 6.04. The highest BCUT2D eigenvalue weighted by Crippen LogP contribution is 2.35. The van der Waals surface area contributed by atoms with Crippen molar-refractivity contribution in [2.75, 3.05) is 11.9 Å². The summed E-state index contributed by atoms with van der Waals surface area (Å²) in [5, 5.41) is 19.0. The number of pyridine rings is 1. The molecule has 0 aliphatic carbocycles. The first-order valence-corrected chi connectivity index (χ1v) is 12.9. The third kappa shape index (κ3) is 8.01. The number of aromatic nitrogens is 3. The smallest absolute Gasteiger partial charge is 0.306 e. The van der Waals surface area contributed by atoms with Crippen molar-refractivity contribution in [3.05, 3.63) is 58.3 Å². The van der Waals surface area contributed by atoms with Gasteiger partial charge in [0.2, 0.25) is 5.88 Å². The molecule has 214 valence electrons. The SMILES string of the molecule is CC(C)(C)OC(=O)CCCCOc1cc(Nc2c(C(N)=O)c(-c3ccc([N+](=O)[O-])cc3)nn2C(C)(C)C)ccn1. The van der Waals surface area contributed by atoms with Crippen LogP contribution in [0.2, 0.25) is 0 Å². The van der Waals surface area contributed by atoms with Crippen LogP contribution in [0.25, 0.3) is 11.3 Å². The van der Waals surface area contributed by atoms with Crippen molar-refractivity contribution in [3.63, 3.8) is 0 Å². The number of carbonyl (C=O) groups is 2. The summed E-state index contributed by atoms with van der Waals surface area (Å²) in [6.45, 7) is 11.6. The van der Waals surface area contributed by atoms with Gasteiger partial charge in [0.05, 0.1) is 17.1 Å². The van der Waals surface area contributed by atoms with E-state index in [9.17, 15) is 19.7 Å². The minimum Gasteiger partial charge on any atom is -0.478 e. The van der Waals surface area contributed by atoms with E-state index in [0.29, 0.717) is 54.5 Å². The Balaban J connectivity index is 1.80. The molecule has 12 heteroatoms. The number of carbonyl (C=O) groups excluding carboxylic acids is 2. The van der Waals surface area contributed by atoms with E-state index in [-0.39, 0.29) is 17.2 Å². The van der Waals surface area contributed by atoms with Gasteiger partial charge in [-0.25, -0.2) is 9.67 Å². The molecule has 2 heterocycles. The third-order valence-corrected chi connectivity index (χ3v) is 5.56. The van der Waals surface area contributed by atoms with Gasteiger partial charge >= 0.3 is 5.97 Å². The fourth-order valence-electron chi connectivity index (χ4n) is 3.84. The monoisotopic (exact) mass is 552 g/mol. The van der Waals surface area contributed by atoms with Crippen molar-refractivity contribution < 1.29 is 24.0 Å². The van der Waals surface area contributed by atoms with Gasteiger partial charge in [-0.05, 0) is 72.6 Å². The first-order chi connectivity index (χ1) is 18.7. The van der Waals surface area contributed by atoms with Gasteiger partial charge in [-0.3, -0.25) is 19.7 Å². The van der Waals surface area contributed by atoms with Crippen LogP contribution in [0, 0.1) is 10.1 Å². The number of hydrogen-bond donors (Lipinski definition) is 2. The van der Waals surface area contributed by atoms with Crippen molar-refractivity contribution in [2.24, 2.45) is 5.73 Å². The average Bonchev–Trinajstić information content (AvgIpc) is 3.23. The van der Waals surface area contributed by atoms with Gasteiger partial charge in [-0.2, -0.15) is 5.10 Å². The minimum atomic E-state index is -0.707. The number of non-ortho nitro benzene ring substituents is 1. The van der Waals surface area contributed by atoms with Crippen LogP contribution in [-0.2, 0) is 15.1 Å². The lowest BCUT2D eigenvalue weighted by Crippen LogP contribution is -2.25. The lowest BCUT2D eigenvalue weighted by atomic mass is 10.1. The van der Waals surface area contributed by atoms with E-state index in [1.54, 1.807) is 23.0 Å². The molecule has 2 aromatic heterocycles. The summed E-state index contributed by atoms with van der Waals surface area (Å²) in [5.41, 5.74) is 6.21. The Morgan fingerprint density at radius 2 is 1.75 bits per heavy atom. The summed E-state index contributed by atoms with van der Waals surface area (Å²) in [4.78, 5) is 39.4. The first-order valence-electron chi connectivity index (χ1n) is 12.9. The molecule has 0 aliphatic rings. The van der Waals surface area contributed by atoms with E-state index < -0.39 is 22.0 Å². The number of primary amides is 1. The summed E-state index contributed by atoms with van der Waals surface area (Å²) >= 11 is 0. The third-order valence-electron chi connectivity index (χ3n) is 5.56. The fraction of sp³-hybridized carbons (Fsp3) is 0.429. The van der Waals surface area contributed by atoms with E-state index in [2.05, 4.69) is 15.4 Å². The Labute approximate surface area is 233 Å². The van der Waals surface area contributed by atoms with Gasteiger partial charge in [0, 0.05) is 42.1 Å². The van der Waals surface area contributed by atoms with E-state index in [1.807, 2.05) is 41.5 Å². The van der Waals surface area contributed by atoms with Crippen molar-refractivity contribution in [2.45, 2.75) is 71.9 Å². The second-order valence-electron chi connectivity index (χ2n) is 11.2. The number of hydrogen-bond acceptors (Lipinski definition) is 9. The molecule has 0 aliphatic heterocycles. The van der Waals surface area contributed by atoms with Crippen LogP contribution in [-0.4, -0.2) is 43.8 Å². The molecule has 40 heavy (non-hydrogen) atoms. The molecule has 12 nitrogen and oxygen atoms in total. The molecule has 3 N–H and O–H groups in total. The van der Waals surface area contributed by atoms with Gasteiger partial charge in [-0.1, -0.05) is 0 Å². The zero-order chi connectivity index (χ0) is 29.7. The largest absolute Gasteiger partial charge is 0.478 e. The molecule has 0 bridgehead atoms. The van der Waals surface area contributed by atoms with Crippen molar-refractivity contribution in [1.82, 2.24) is 14.8 Å². The molecule has 0 saturated carbocycles. The van der Waals surface area contributed by atoms with Gasteiger partial charge in [0.25, 0.3) is 11.6 Å². The predicted molar refractivity (Wildman–Crippen MR) is 151 cm³/mol. The molecule has 3 aromatic rings.